The molecular weight excluding hydrogens is 232 g/mol. The Hall–Kier alpha value is -2.17. The van der Waals surface area contributed by atoms with Crippen molar-refractivity contribution in [2.45, 2.75) is 26.4 Å². The van der Waals surface area contributed by atoms with Gasteiger partial charge in [-0.1, -0.05) is 12.1 Å². The Kier molecular flexibility index (Phi) is 2.69. The van der Waals surface area contributed by atoms with E-state index in [-0.39, 0.29) is 5.84 Å². The van der Waals surface area contributed by atoms with Crippen molar-refractivity contribution in [3.8, 4) is 0 Å². The van der Waals surface area contributed by atoms with Crippen LogP contribution in [0.4, 0.5) is 10.5 Å². The summed E-state index contributed by atoms with van der Waals surface area (Å²) >= 11 is 0. The predicted octanol–water partition coefficient (Wildman–Crippen LogP) is 2.60. The monoisotopic (exact) mass is 246 g/mol. The first-order valence-corrected chi connectivity index (χ1v) is 5.56. The van der Waals surface area contributed by atoms with E-state index in [0.717, 1.165) is 4.90 Å². The fourth-order valence-electron chi connectivity index (χ4n) is 1.71. The molecule has 1 amide bonds. The Morgan fingerprint density at radius 2 is 1.89 bits per heavy atom. The van der Waals surface area contributed by atoms with Gasteiger partial charge in [0.2, 0.25) is 5.78 Å². The van der Waals surface area contributed by atoms with Crippen LogP contribution in [0.2, 0.25) is 0 Å². The van der Waals surface area contributed by atoms with Gasteiger partial charge < -0.3 is 4.74 Å². The molecule has 0 aliphatic carbocycles. The average molecular weight is 246 g/mol. The highest BCUT2D eigenvalue weighted by molar-refractivity contribution is 6.56. The van der Waals surface area contributed by atoms with E-state index in [1.54, 1.807) is 45.0 Å². The lowest BCUT2D eigenvalue weighted by Gasteiger charge is -2.24. The van der Waals surface area contributed by atoms with Crippen LogP contribution in [0.3, 0.4) is 0 Å². The van der Waals surface area contributed by atoms with Gasteiger partial charge in [-0.15, -0.1) is 0 Å². The summed E-state index contributed by atoms with van der Waals surface area (Å²) < 4.78 is 5.19. The quantitative estimate of drug-likeness (QED) is 0.764. The van der Waals surface area contributed by atoms with Crippen molar-refractivity contribution in [2.24, 2.45) is 0 Å². The average Bonchev–Trinajstić information content (AvgIpc) is 2.50. The molecule has 2 rings (SSSR count). The Labute approximate surface area is 105 Å². The number of rotatable bonds is 0. The van der Waals surface area contributed by atoms with E-state index in [2.05, 4.69) is 0 Å². The number of nitrogens with zero attached hydrogens (tertiary/aromatic N) is 1. The summed E-state index contributed by atoms with van der Waals surface area (Å²) in [5.41, 5.74) is 0.0907. The molecule has 0 radical (unpaired) electrons. The van der Waals surface area contributed by atoms with Gasteiger partial charge >= 0.3 is 6.09 Å². The van der Waals surface area contributed by atoms with E-state index in [0.29, 0.717) is 11.3 Å². The molecule has 94 valence electrons. The highest BCUT2D eigenvalue weighted by Gasteiger charge is 2.38. The first-order chi connectivity index (χ1) is 8.31. The van der Waals surface area contributed by atoms with E-state index in [1.165, 1.54) is 0 Å². The number of anilines is 1. The van der Waals surface area contributed by atoms with Gasteiger partial charge in [0.25, 0.3) is 0 Å². The molecule has 1 aromatic rings. The van der Waals surface area contributed by atoms with E-state index in [1.807, 2.05) is 0 Å². The van der Waals surface area contributed by atoms with E-state index in [4.69, 9.17) is 10.1 Å². The largest absolute Gasteiger partial charge is 0.443 e. The lowest BCUT2D eigenvalue weighted by molar-refractivity contribution is 0.0603. The van der Waals surface area contributed by atoms with Gasteiger partial charge in [0.05, 0.1) is 11.3 Å². The van der Waals surface area contributed by atoms with Crippen LogP contribution in [-0.4, -0.2) is 23.3 Å². The molecule has 1 N–H and O–H groups in total. The molecule has 1 aromatic carbocycles. The van der Waals surface area contributed by atoms with Gasteiger partial charge in [0.15, 0.2) is 5.84 Å². The molecule has 1 heterocycles. The SMILES string of the molecule is CC(C)(C)OC(=O)N1C(=N)C(=O)c2ccccc21. The number of fused-ring (bicyclic) bond motifs is 1. The lowest BCUT2D eigenvalue weighted by Crippen LogP contribution is -2.39. The Balaban J connectivity index is 2.38. The van der Waals surface area contributed by atoms with Crippen molar-refractivity contribution in [2.75, 3.05) is 4.90 Å². The van der Waals surface area contributed by atoms with Crippen LogP contribution in [-0.2, 0) is 4.74 Å². The van der Waals surface area contributed by atoms with Gasteiger partial charge in [0, 0.05) is 0 Å². The summed E-state index contributed by atoms with van der Waals surface area (Å²) in [4.78, 5) is 24.8. The van der Waals surface area contributed by atoms with Crippen LogP contribution >= 0.6 is 0 Å². The zero-order chi connectivity index (χ0) is 13.5. The Morgan fingerprint density at radius 3 is 2.50 bits per heavy atom. The number of nitrogens with one attached hydrogen (secondary N) is 1. The second-order valence-electron chi connectivity index (χ2n) is 5.01. The molecule has 0 bridgehead atoms. The first-order valence-electron chi connectivity index (χ1n) is 5.56. The summed E-state index contributed by atoms with van der Waals surface area (Å²) in [7, 11) is 0. The van der Waals surface area contributed by atoms with Crippen molar-refractivity contribution in [3.05, 3.63) is 29.8 Å². The number of benzene rings is 1. The maximum absolute atomic E-state index is 12.0. The zero-order valence-electron chi connectivity index (χ0n) is 10.5. The molecule has 0 fully saturated rings. The first kappa shape index (κ1) is 12.3. The molecule has 5 nitrogen and oxygen atoms in total. The van der Waals surface area contributed by atoms with Crippen molar-refractivity contribution in [1.29, 1.82) is 5.41 Å². The second kappa shape index (κ2) is 3.94. The number of hydrogen-bond donors (Lipinski definition) is 1. The minimum absolute atomic E-state index is 0.355. The maximum atomic E-state index is 12.0. The smallest absolute Gasteiger partial charge is 0.420 e. The molecule has 0 atom stereocenters. The van der Waals surface area contributed by atoms with Crippen molar-refractivity contribution in [3.63, 3.8) is 0 Å². The van der Waals surface area contributed by atoms with Crippen LogP contribution in [0, 0.1) is 5.41 Å². The van der Waals surface area contributed by atoms with Crippen molar-refractivity contribution < 1.29 is 14.3 Å². The number of carbonyl (C=O) groups is 2. The highest BCUT2D eigenvalue weighted by Crippen LogP contribution is 2.30. The third-order valence-electron chi connectivity index (χ3n) is 2.40. The molecule has 1 aliphatic heterocycles. The van der Waals surface area contributed by atoms with Gasteiger partial charge in [-0.25, -0.2) is 9.69 Å². The Bertz CT molecular complexity index is 543. The van der Waals surface area contributed by atoms with Gasteiger partial charge in [-0.05, 0) is 32.9 Å². The topological polar surface area (TPSA) is 70.5 Å². The molecule has 0 aromatic heterocycles. The van der Waals surface area contributed by atoms with Gasteiger partial charge in [-0.2, -0.15) is 0 Å². The third kappa shape index (κ3) is 1.99. The minimum atomic E-state index is -0.703. The molecule has 0 unspecified atom stereocenters. The normalized spacial score (nSPS) is 14.7. The number of hydrogen-bond acceptors (Lipinski definition) is 4. The standard InChI is InChI=1S/C13H14N2O3/c1-13(2,3)18-12(17)15-9-7-5-4-6-8(9)10(16)11(15)14/h4-7,14H,1-3H3. The van der Waals surface area contributed by atoms with E-state index in [9.17, 15) is 9.59 Å². The van der Waals surface area contributed by atoms with Gasteiger partial charge in [-0.3, -0.25) is 10.2 Å². The van der Waals surface area contributed by atoms with Crippen molar-refractivity contribution >= 4 is 23.4 Å². The molecule has 5 heteroatoms. The number of carbonyl (C=O) groups excluding carboxylic acids is 2. The predicted molar refractivity (Wildman–Crippen MR) is 67.2 cm³/mol. The summed E-state index contributed by atoms with van der Waals surface area (Å²) in [5.74, 6) is -0.832. The molecule has 0 saturated carbocycles. The molecule has 1 aliphatic rings. The van der Waals surface area contributed by atoms with Crippen LogP contribution in [0.25, 0.3) is 0 Å². The highest BCUT2D eigenvalue weighted by atomic mass is 16.6. The third-order valence-corrected chi connectivity index (χ3v) is 2.40. The summed E-state index contributed by atoms with van der Waals surface area (Å²) in [6.07, 6.45) is -0.703. The summed E-state index contributed by atoms with van der Waals surface area (Å²) in [6, 6.07) is 6.62. The molecule has 18 heavy (non-hydrogen) atoms. The molecule has 0 saturated heterocycles. The fourth-order valence-corrected chi connectivity index (χ4v) is 1.71. The molecular formula is C13H14N2O3. The molecule has 0 spiro atoms. The van der Waals surface area contributed by atoms with Crippen LogP contribution in [0.1, 0.15) is 31.1 Å². The number of ketones is 1. The fraction of sp³-hybridized carbons (Fsp3) is 0.308. The van der Waals surface area contributed by atoms with Crippen molar-refractivity contribution in [1.82, 2.24) is 0 Å². The minimum Gasteiger partial charge on any atom is -0.443 e. The number of ether oxygens (including phenoxy) is 1. The summed E-state index contributed by atoms with van der Waals surface area (Å²) in [6.45, 7) is 5.20. The number of para-hydroxylation sites is 1. The van der Waals surface area contributed by atoms with Gasteiger partial charge in [0.1, 0.15) is 5.60 Å². The number of amidine groups is 1. The second-order valence-corrected chi connectivity index (χ2v) is 5.01. The van der Waals surface area contributed by atoms with Crippen LogP contribution in [0.15, 0.2) is 24.3 Å². The van der Waals surface area contributed by atoms with E-state index < -0.39 is 17.5 Å². The van der Waals surface area contributed by atoms with Crippen LogP contribution < -0.4 is 4.90 Å². The zero-order valence-corrected chi connectivity index (χ0v) is 10.5. The number of amides is 1. The Morgan fingerprint density at radius 1 is 1.28 bits per heavy atom. The maximum Gasteiger partial charge on any atom is 0.420 e. The number of Topliss-reactive ketones (excluding diaryl/α,β-unsaturated/α-hetero) is 1. The van der Waals surface area contributed by atoms with Crippen LogP contribution in [0.5, 0.6) is 0 Å². The summed E-state index contributed by atoms with van der Waals surface area (Å²) in [5, 5.41) is 7.71. The van der Waals surface area contributed by atoms with E-state index >= 15 is 0 Å². The lowest BCUT2D eigenvalue weighted by atomic mass is 10.1.